The minimum atomic E-state index is 0.0929. The van der Waals surface area contributed by atoms with Gasteiger partial charge in [-0.05, 0) is 35.8 Å². The van der Waals surface area contributed by atoms with Crippen LogP contribution in [0.3, 0.4) is 0 Å². The number of nitrogens with one attached hydrogen (secondary N) is 1. The molecule has 1 N–H and O–H groups in total. The van der Waals surface area contributed by atoms with E-state index >= 15 is 0 Å². The van der Waals surface area contributed by atoms with Crippen LogP contribution < -0.4 is 5.32 Å². The van der Waals surface area contributed by atoms with Crippen molar-refractivity contribution < 1.29 is 4.52 Å². The van der Waals surface area contributed by atoms with Crippen LogP contribution in [0.1, 0.15) is 47.5 Å². The number of hydrogen-bond acceptors (Lipinski definition) is 5. The summed E-state index contributed by atoms with van der Waals surface area (Å²) in [5.41, 5.74) is 1.31. The van der Waals surface area contributed by atoms with Crippen LogP contribution in [0.2, 0.25) is 0 Å². The fourth-order valence-electron chi connectivity index (χ4n) is 2.67. The fourth-order valence-corrected chi connectivity index (χ4v) is 3.59. The lowest BCUT2D eigenvalue weighted by molar-refractivity contribution is 0.341. The van der Waals surface area contributed by atoms with E-state index in [1.807, 2.05) is 11.3 Å². The zero-order valence-corrected chi connectivity index (χ0v) is 11.0. The van der Waals surface area contributed by atoms with Crippen LogP contribution in [0.25, 0.3) is 0 Å². The summed E-state index contributed by atoms with van der Waals surface area (Å²) in [5.74, 6) is 2.85. The Kier molecular flexibility index (Phi) is 2.32. The number of aromatic nitrogens is 2. The molecule has 0 spiro atoms. The first-order valence-electron chi connectivity index (χ1n) is 6.46. The van der Waals surface area contributed by atoms with Gasteiger partial charge in [-0.25, -0.2) is 0 Å². The number of thiophene rings is 1. The molecule has 0 aromatic carbocycles. The molecule has 2 aromatic heterocycles. The Bertz CT molecular complexity index is 576. The monoisotopic (exact) mass is 261 g/mol. The van der Waals surface area contributed by atoms with E-state index in [9.17, 15) is 0 Å². The third-order valence-electron chi connectivity index (χ3n) is 3.94. The second-order valence-corrected chi connectivity index (χ2v) is 6.25. The van der Waals surface area contributed by atoms with Gasteiger partial charge >= 0.3 is 0 Å². The first-order valence-corrected chi connectivity index (χ1v) is 7.34. The minimum Gasteiger partial charge on any atom is -0.337 e. The zero-order chi connectivity index (χ0) is 12.1. The quantitative estimate of drug-likeness (QED) is 0.902. The lowest BCUT2D eigenvalue weighted by Crippen LogP contribution is -2.29. The maximum Gasteiger partial charge on any atom is 0.248 e. The average Bonchev–Trinajstić information content (AvgIpc) is 2.88. The van der Waals surface area contributed by atoms with Crippen molar-refractivity contribution in [2.24, 2.45) is 5.92 Å². The van der Waals surface area contributed by atoms with Gasteiger partial charge in [-0.15, -0.1) is 11.3 Å². The van der Waals surface area contributed by atoms with Crippen molar-refractivity contribution in [3.05, 3.63) is 33.6 Å². The van der Waals surface area contributed by atoms with Crippen LogP contribution in [0.15, 0.2) is 16.0 Å². The summed E-state index contributed by atoms with van der Waals surface area (Å²) in [6, 6.07) is 2.26. The molecule has 0 amide bonds. The Morgan fingerprint density at radius 3 is 3.22 bits per heavy atom. The molecule has 18 heavy (non-hydrogen) atoms. The summed E-state index contributed by atoms with van der Waals surface area (Å²) in [5, 5.41) is 9.75. The van der Waals surface area contributed by atoms with Crippen molar-refractivity contribution in [3.8, 4) is 0 Å². The number of fused-ring (bicyclic) bond motifs is 1. The number of nitrogens with zero attached hydrogens (tertiary/aromatic N) is 2. The molecule has 2 aliphatic rings. The normalized spacial score (nSPS) is 30.2. The van der Waals surface area contributed by atoms with Crippen molar-refractivity contribution in [2.45, 2.75) is 31.7 Å². The highest BCUT2D eigenvalue weighted by Gasteiger charge is 2.39. The summed E-state index contributed by atoms with van der Waals surface area (Å²) in [6.45, 7) is 3.21. The van der Waals surface area contributed by atoms with Gasteiger partial charge in [-0.2, -0.15) is 4.98 Å². The second kappa shape index (κ2) is 3.90. The van der Waals surface area contributed by atoms with Crippen molar-refractivity contribution >= 4 is 11.3 Å². The first kappa shape index (κ1) is 10.7. The smallest absolute Gasteiger partial charge is 0.248 e. The zero-order valence-electron chi connectivity index (χ0n) is 10.2. The van der Waals surface area contributed by atoms with Crippen LogP contribution in [-0.4, -0.2) is 16.7 Å². The van der Waals surface area contributed by atoms with Crippen molar-refractivity contribution in [1.82, 2.24) is 15.5 Å². The fraction of sp³-hybridized carbons (Fsp3) is 0.538. The molecule has 1 fully saturated rings. The first-order chi connectivity index (χ1) is 8.83. The molecule has 3 atom stereocenters. The summed E-state index contributed by atoms with van der Waals surface area (Å²) >= 11 is 1.82. The summed E-state index contributed by atoms with van der Waals surface area (Å²) in [4.78, 5) is 6.03. The number of hydrogen-bond donors (Lipinski definition) is 1. The van der Waals surface area contributed by atoms with Crippen molar-refractivity contribution in [2.75, 3.05) is 6.54 Å². The molecule has 1 aliphatic heterocycles. The maximum absolute atomic E-state index is 5.46. The Morgan fingerprint density at radius 1 is 1.50 bits per heavy atom. The topological polar surface area (TPSA) is 51.0 Å². The van der Waals surface area contributed by atoms with Crippen molar-refractivity contribution in [3.63, 3.8) is 0 Å². The summed E-state index contributed by atoms with van der Waals surface area (Å²) < 4.78 is 5.46. The standard InChI is InChI=1S/C13H15N3OS/c1-7-6-9(7)12-15-13(17-16-12)11-8-3-5-18-10(8)2-4-14-11/h3,5,7,9,11,14H,2,4,6H2,1H3. The van der Waals surface area contributed by atoms with E-state index in [4.69, 9.17) is 4.52 Å². The van der Waals surface area contributed by atoms with Crippen LogP contribution >= 0.6 is 11.3 Å². The SMILES string of the molecule is CC1CC1c1noc(C2NCCc3sccc32)n1. The molecule has 4 rings (SSSR count). The van der Waals surface area contributed by atoms with Crippen LogP contribution in [0.4, 0.5) is 0 Å². The van der Waals surface area contributed by atoms with Gasteiger partial charge in [0.2, 0.25) is 5.89 Å². The van der Waals surface area contributed by atoms with E-state index < -0.39 is 0 Å². The van der Waals surface area contributed by atoms with E-state index in [1.54, 1.807) is 0 Å². The third kappa shape index (κ3) is 1.61. The summed E-state index contributed by atoms with van der Waals surface area (Å²) in [7, 11) is 0. The molecule has 1 aliphatic carbocycles. The Morgan fingerprint density at radius 2 is 2.39 bits per heavy atom. The predicted molar refractivity (Wildman–Crippen MR) is 68.7 cm³/mol. The van der Waals surface area contributed by atoms with Gasteiger partial charge in [0.05, 0.1) is 0 Å². The molecule has 1 saturated carbocycles. The highest BCUT2D eigenvalue weighted by molar-refractivity contribution is 7.10. The Hall–Kier alpha value is -1.20. The van der Waals surface area contributed by atoms with Crippen molar-refractivity contribution in [1.29, 1.82) is 0 Å². The molecular formula is C13H15N3OS. The minimum absolute atomic E-state index is 0.0929. The van der Waals surface area contributed by atoms with Crippen LogP contribution in [0.5, 0.6) is 0 Å². The molecule has 2 aromatic rings. The van der Waals surface area contributed by atoms with E-state index in [-0.39, 0.29) is 6.04 Å². The van der Waals surface area contributed by atoms with E-state index in [2.05, 4.69) is 33.8 Å². The van der Waals surface area contributed by atoms with Gasteiger partial charge in [0, 0.05) is 17.3 Å². The number of rotatable bonds is 2. The van der Waals surface area contributed by atoms with Gasteiger partial charge in [0.15, 0.2) is 5.82 Å². The highest BCUT2D eigenvalue weighted by atomic mass is 32.1. The van der Waals surface area contributed by atoms with Gasteiger partial charge < -0.3 is 9.84 Å². The Balaban J connectivity index is 1.66. The maximum atomic E-state index is 5.46. The predicted octanol–water partition coefficient (Wildman–Crippen LogP) is 2.49. The van der Waals surface area contributed by atoms with Crippen LogP contribution in [0, 0.1) is 5.92 Å². The molecule has 0 bridgehead atoms. The van der Waals surface area contributed by atoms with E-state index in [0.717, 1.165) is 24.7 Å². The molecule has 0 radical (unpaired) electrons. The highest BCUT2D eigenvalue weighted by Crippen LogP contribution is 2.45. The third-order valence-corrected chi connectivity index (χ3v) is 4.93. The molecule has 4 nitrogen and oxygen atoms in total. The summed E-state index contributed by atoms with van der Waals surface area (Å²) in [6.07, 6.45) is 2.30. The lowest BCUT2D eigenvalue weighted by atomic mass is 10.0. The second-order valence-electron chi connectivity index (χ2n) is 5.25. The lowest BCUT2D eigenvalue weighted by Gasteiger charge is -2.20. The molecular weight excluding hydrogens is 246 g/mol. The van der Waals surface area contributed by atoms with Gasteiger partial charge in [-0.1, -0.05) is 12.1 Å². The molecule has 5 heteroatoms. The average molecular weight is 261 g/mol. The largest absolute Gasteiger partial charge is 0.337 e. The van der Waals surface area contributed by atoms with Gasteiger partial charge in [0.25, 0.3) is 0 Å². The molecule has 3 unspecified atom stereocenters. The van der Waals surface area contributed by atoms with E-state index in [0.29, 0.717) is 11.8 Å². The van der Waals surface area contributed by atoms with E-state index in [1.165, 1.54) is 16.9 Å². The van der Waals surface area contributed by atoms with Gasteiger partial charge in [-0.3, -0.25) is 0 Å². The van der Waals surface area contributed by atoms with Crippen LogP contribution in [-0.2, 0) is 6.42 Å². The molecule has 94 valence electrons. The molecule has 3 heterocycles. The molecule has 0 saturated heterocycles. The Labute approximate surface area is 109 Å². The van der Waals surface area contributed by atoms with Gasteiger partial charge in [0.1, 0.15) is 6.04 Å².